The summed E-state index contributed by atoms with van der Waals surface area (Å²) in [6.07, 6.45) is 4.71. The van der Waals surface area contributed by atoms with E-state index in [1.165, 1.54) is 33.4 Å². The first kappa shape index (κ1) is 15.1. The summed E-state index contributed by atoms with van der Waals surface area (Å²) in [5.74, 6) is -0.0481. The molecule has 0 saturated heterocycles. The Bertz CT molecular complexity index is 914. The highest BCUT2D eigenvalue weighted by Crippen LogP contribution is 2.38. The lowest BCUT2D eigenvalue weighted by Gasteiger charge is -2.17. The fourth-order valence-corrected chi connectivity index (χ4v) is 4.09. The van der Waals surface area contributed by atoms with E-state index in [9.17, 15) is 4.39 Å². The van der Waals surface area contributed by atoms with Gasteiger partial charge in [-0.25, -0.2) is 4.39 Å². The van der Waals surface area contributed by atoms with Gasteiger partial charge in [0.05, 0.1) is 5.69 Å². The van der Waals surface area contributed by atoms with Crippen LogP contribution in [0.3, 0.4) is 0 Å². The van der Waals surface area contributed by atoms with Crippen molar-refractivity contribution >= 4 is 0 Å². The Labute approximate surface area is 142 Å². The van der Waals surface area contributed by atoms with Crippen molar-refractivity contribution in [2.45, 2.75) is 33.1 Å². The van der Waals surface area contributed by atoms with E-state index in [0.717, 1.165) is 30.5 Å². The Morgan fingerprint density at radius 2 is 1.71 bits per heavy atom. The van der Waals surface area contributed by atoms with E-state index in [1.54, 1.807) is 6.07 Å². The van der Waals surface area contributed by atoms with Gasteiger partial charge < -0.3 is 0 Å². The standard InChI is InChI=1S/C21H21FN2/c1-13-11-15(20-9-10-23-24(20)3)12-14(2)21(13)18-7-8-19(22)17-6-4-5-16(17)18/h7-12H,4-6H2,1-3H3. The van der Waals surface area contributed by atoms with Crippen molar-refractivity contribution in [3.8, 4) is 22.4 Å². The number of aromatic nitrogens is 2. The van der Waals surface area contributed by atoms with Crippen LogP contribution in [0.4, 0.5) is 4.39 Å². The van der Waals surface area contributed by atoms with Gasteiger partial charge in [-0.3, -0.25) is 4.68 Å². The normalized spacial score (nSPS) is 13.3. The van der Waals surface area contributed by atoms with Crippen molar-refractivity contribution in [1.29, 1.82) is 0 Å². The van der Waals surface area contributed by atoms with Crippen molar-refractivity contribution in [2.24, 2.45) is 7.05 Å². The largest absolute Gasteiger partial charge is 0.268 e. The molecule has 3 heteroatoms. The average molecular weight is 320 g/mol. The van der Waals surface area contributed by atoms with Crippen molar-refractivity contribution in [3.63, 3.8) is 0 Å². The number of hydrogen-bond donors (Lipinski definition) is 0. The molecule has 0 atom stereocenters. The van der Waals surface area contributed by atoms with E-state index < -0.39 is 0 Å². The highest BCUT2D eigenvalue weighted by molar-refractivity contribution is 5.79. The molecule has 0 saturated carbocycles. The first-order chi connectivity index (χ1) is 11.6. The summed E-state index contributed by atoms with van der Waals surface area (Å²) in [6.45, 7) is 4.29. The highest BCUT2D eigenvalue weighted by atomic mass is 19.1. The molecule has 2 nitrogen and oxygen atoms in total. The van der Waals surface area contributed by atoms with Crippen LogP contribution >= 0.6 is 0 Å². The predicted octanol–water partition coefficient (Wildman–Crippen LogP) is 5.00. The molecule has 0 aliphatic heterocycles. The van der Waals surface area contributed by atoms with Gasteiger partial charge in [0.1, 0.15) is 5.82 Å². The minimum atomic E-state index is -0.0481. The molecule has 0 bridgehead atoms. The van der Waals surface area contributed by atoms with Crippen molar-refractivity contribution in [2.75, 3.05) is 0 Å². The maximum absolute atomic E-state index is 14.1. The van der Waals surface area contributed by atoms with Crippen LogP contribution in [0.15, 0.2) is 36.5 Å². The number of nitrogens with zero attached hydrogens (tertiary/aromatic N) is 2. The lowest BCUT2D eigenvalue weighted by Crippen LogP contribution is -1.98. The SMILES string of the molecule is Cc1cc(-c2ccnn2C)cc(C)c1-c1ccc(F)c2c1CCC2. The molecule has 0 radical (unpaired) electrons. The second-order valence-corrected chi connectivity index (χ2v) is 6.73. The summed E-state index contributed by atoms with van der Waals surface area (Å²) in [7, 11) is 1.96. The van der Waals surface area contributed by atoms with Crippen LogP contribution in [0, 0.1) is 19.7 Å². The fourth-order valence-electron chi connectivity index (χ4n) is 4.09. The Hall–Kier alpha value is -2.42. The summed E-state index contributed by atoms with van der Waals surface area (Å²) < 4.78 is 16.0. The zero-order valence-electron chi connectivity index (χ0n) is 14.4. The lowest BCUT2D eigenvalue weighted by molar-refractivity contribution is 0.613. The monoisotopic (exact) mass is 320 g/mol. The first-order valence-electron chi connectivity index (χ1n) is 8.46. The smallest absolute Gasteiger partial charge is 0.126 e. The minimum Gasteiger partial charge on any atom is -0.268 e. The van der Waals surface area contributed by atoms with E-state index in [1.807, 2.05) is 30.1 Å². The Balaban J connectivity index is 1.89. The zero-order chi connectivity index (χ0) is 16.8. The zero-order valence-corrected chi connectivity index (χ0v) is 14.4. The fraction of sp³-hybridized carbons (Fsp3) is 0.286. The molecular formula is C21H21FN2. The molecule has 1 heterocycles. The topological polar surface area (TPSA) is 17.8 Å². The Morgan fingerprint density at radius 1 is 1.00 bits per heavy atom. The van der Waals surface area contributed by atoms with Crippen LogP contribution in [0.1, 0.15) is 28.7 Å². The second-order valence-electron chi connectivity index (χ2n) is 6.73. The molecule has 4 rings (SSSR count). The number of hydrogen-bond acceptors (Lipinski definition) is 1. The molecule has 1 aromatic heterocycles. The number of halogens is 1. The number of fused-ring (bicyclic) bond motifs is 1. The number of aryl methyl sites for hydroxylation is 3. The van der Waals surface area contributed by atoms with Crippen LogP contribution < -0.4 is 0 Å². The van der Waals surface area contributed by atoms with Gasteiger partial charge in [-0.1, -0.05) is 6.07 Å². The van der Waals surface area contributed by atoms with E-state index >= 15 is 0 Å². The number of benzene rings is 2. The molecule has 0 fully saturated rings. The molecule has 1 aliphatic rings. The quantitative estimate of drug-likeness (QED) is 0.650. The van der Waals surface area contributed by atoms with E-state index in [-0.39, 0.29) is 5.82 Å². The van der Waals surface area contributed by atoms with E-state index in [2.05, 4.69) is 31.1 Å². The molecule has 24 heavy (non-hydrogen) atoms. The Morgan fingerprint density at radius 3 is 2.38 bits per heavy atom. The van der Waals surface area contributed by atoms with Gasteiger partial charge in [0, 0.05) is 18.8 Å². The third kappa shape index (κ3) is 2.27. The molecule has 0 spiro atoms. The van der Waals surface area contributed by atoms with Crippen LogP contribution in [-0.4, -0.2) is 9.78 Å². The Kier molecular flexibility index (Phi) is 3.52. The van der Waals surface area contributed by atoms with Gasteiger partial charge in [0.15, 0.2) is 0 Å². The second kappa shape index (κ2) is 5.59. The summed E-state index contributed by atoms with van der Waals surface area (Å²) in [5.41, 5.74) is 9.31. The molecule has 0 amide bonds. The average Bonchev–Trinajstić information content (AvgIpc) is 3.18. The summed E-state index contributed by atoms with van der Waals surface area (Å²) in [5, 5.41) is 4.26. The van der Waals surface area contributed by atoms with E-state index in [4.69, 9.17) is 0 Å². The summed E-state index contributed by atoms with van der Waals surface area (Å²) in [6, 6.07) is 10.0. The highest BCUT2D eigenvalue weighted by Gasteiger charge is 2.21. The van der Waals surface area contributed by atoms with Crippen LogP contribution in [-0.2, 0) is 19.9 Å². The van der Waals surface area contributed by atoms with Gasteiger partial charge in [0.2, 0.25) is 0 Å². The van der Waals surface area contributed by atoms with Crippen molar-refractivity contribution in [3.05, 3.63) is 64.6 Å². The van der Waals surface area contributed by atoms with Crippen LogP contribution in [0.25, 0.3) is 22.4 Å². The third-order valence-electron chi connectivity index (χ3n) is 5.15. The molecule has 0 N–H and O–H groups in total. The molecule has 2 aromatic carbocycles. The maximum Gasteiger partial charge on any atom is 0.126 e. The molecule has 0 unspecified atom stereocenters. The number of rotatable bonds is 2. The minimum absolute atomic E-state index is 0.0481. The summed E-state index contributed by atoms with van der Waals surface area (Å²) >= 11 is 0. The van der Waals surface area contributed by atoms with E-state index in [0.29, 0.717) is 0 Å². The van der Waals surface area contributed by atoms with Gasteiger partial charge in [-0.15, -0.1) is 0 Å². The van der Waals surface area contributed by atoms with Gasteiger partial charge in [0.25, 0.3) is 0 Å². The van der Waals surface area contributed by atoms with Crippen molar-refractivity contribution in [1.82, 2.24) is 9.78 Å². The molecule has 3 aromatic rings. The van der Waals surface area contributed by atoms with Crippen molar-refractivity contribution < 1.29 is 4.39 Å². The van der Waals surface area contributed by atoms with Crippen LogP contribution in [0.5, 0.6) is 0 Å². The molecule has 1 aliphatic carbocycles. The lowest BCUT2D eigenvalue weighted by atomic mass is 9.89. The molecular weight excluding hydrogens is 299 g/mol. The first-order valence-corrected chi connectivity index (χ1v) is 8.46. The van der Waals surface area contributed by atoms with Crippen LogP contribution in [0.2, 0.25) is 0 Å². The predicted molar refractivity (Wildman–Crippen MR) is 95.5 cm³/mol. The molecule has 122 valence electrons. The van der Waals surface area contributed by atoms with Gasteiger partial charge in [-0.2, -0.15) is 5.10 Å². The summed E-state index contributed by atoms with van der Waals surface area (Å²) in [4.78, 5) is 0. The van der Waals surface area contributed by atoms with Gasteiger partial charge in [-0.05, 0) is 90.8 Å². The maximum atomic E-state index is 14.1. The van der Waals surface area contributed by atoms with Gasteiger partial charge >= 0.3 is 0 Å². The third-order valence-corrected chi connectivity index (χ3v) is 5.15.